The molecule has 1 atom stereocenters. The molecule has 4 nitrogen and oxygen atoms in total. The third kappa shape index (κ3) is 1.51. The maximum atomic E-state index is 9.68. The molecule has 2 aromatic rings. The number of fused-ring (bicyclic) bond motifs is 1. The Bertz CT molecular complexity index is 492. The van der Waals surface area contributed by atoms with Gasteiger partial charge < -0.3 is 9.67 Å². The quantitative estimate of drug-likeness (QED) is 0.779. The van der Waals surface area contributed by atoms with Crippen LogP contribution in [0.2, 0.25) is 0 Å². The highest BCUT2D eigenvalue weighted by Gasteiger charge is 2.20. The molecular formula is C12H13N3O. The second-order valence-electron chi connectivity index (χ2n) is 4.12. The monoisotopic (exact) mass is 215 g/mol. The highest BCUT2D eigenvalue weighted by atomic mass is 16.3. The molecule has 3 rings (SSSR count). The van der Waals surface area contributed by atoms with E-state index in [0.717, 1.165) is 24.2 Å². The molecular weight excluding hydrogens is 202 g/mol. The zero-order valence-electron chi connectivity index (χ0n) is 8.87. The van der Waals surface area contributed by atoms with Crippen LogP contribution in [0, 0.1) is 0 Å². The summed E-state index contributed by atoms with van der Waals surface area (Å²) in [7, 11) is 0. The SMILES string of the molecule is OC1CCc2cnc(-c3cccnc3)n2C1. The minimum absolute atomic E-state index is 0.253. The lowest BCUT2D eigenvalue weighted by Crippen LogP contribution is -2.24. The number of rotatable bonds is 1. The molecule has 1 aliphatic rings. The average Bonchev–Trinajstić information content (AvgIpc) is 2.73. The van der Waals surface area contributed by atoms with E-state index in [1.807, 2.05) is 18.3 Å². The van der Waals surface area contributed by atoms with Gasteiger partial charge >= 0.3 is 0 Å². The fraction of sp³-hybridized carbons (Fsp3) is 0.333. The summed E-state index contributed by atoms with van der Waals surface area (Å²) < 4.78 is 2.09. The van der Waals surface area contributed by atoms with Crippen molar-refractivity contribution in [3.63, 3.8) is 0 Å². The van der Waals surface area contributed by atoms with E-state index < -0.39 is 0 Å². The zero-order valence-corrected chi connectivity index (χ0v) is 8.87. The number of pyridine rings is 1. The Morgan fingerprint density at radius 3 is 3.12 bits per heavy atom. The number of hydrogen-bond donors (Lipinski definition) is 1. The molecule has 16 heavy (non-hydrogen) atoms. The Hall–Kier alpha value is -1.68. The van der Waals surface area contributed by atoms with Crippen molar-refractivity contribution < 1.29 is 5.11 Å². The van der Waals surface area contributed by atoms with Gasteiger partial charge in [-0.15, -0.1) is 0 Å². The zero-order chi connectivity index (χ0) is 11.0. The predicted octanol–water partition coefficient (Wildman–Crippen LogP) is 1.25. The van der Waals surface area contributed by atoms with Gasteiger partial charge in [0.25, 0.3) is 0 Å². The lowest BCUT2D eigenvalue weighted by atomic mass is 10.1. The van der Waals surface area contributed by atoms with Crippen molar-refractivity contribution in [2.24, 2.45) is 0 Å². The van der Waals surface area contributed by atoms with Gasteiger partial charge in [0.15, 0.2) is 0 Å². The molecule has 2 aromatic heterocycles. The maximum absolute atomic E-state index is 9.68. The van der Waals surface area contributed by atoms with Gasteiger partial charge in [-0.3, -0.25) is 4.98 Å². The lowest BCUT2D eigenvalue weighted by Gasteiger charge is -2.21. The first-order valence-electron chi connectivity index (χ1n) is 5.47. The van der Waals surface area contributed by atoms with Gasteiger partial charge in [0.05, 0.1) is 12.6 Å². The molecule has 3 heterocycles. The number of aliphatic hydroxyl groups excluding tert-OH is 1. The summed E-state index contributed by atoms with van der Waals surface area (Å²) >= 11 is 0. The van der Waals surface area contributed by atoms with Gasteiger partial charge in [-0.05, 0) is 25.0 Å². The van der Waals surface area contributed by atoms with Gasteiger partial charge in [-0.1, -0.05) is 0 Å². The van der Waals surface area contributed by atoms with Crippen molar-refractivity contribution in [3.8, 4) is 11.4 Å². The summed E-state index contributed by atoms with van der Waals surface area (Å²) in [6.45, 7) is 0.638. The minimum atomic E-state index is -0.253. The summed E-state index contributed by atoms with van der Waals surface area (Å²) in [5.74, 6) is 0.904. The van der Waals surface area contributed by atoms with Gasteiger partial charge in [-0.2, -0.15) is 0 Å². The standard InChI is InChI=1S/C12H13N3O/c16-11-4-3-10-7-14-12(15(10)8-11)9-2-1-5-13-6-9/h1-2,5-7,11,16H,3-4,8H2. The summed E-state index contributed by atoms with van der Waals surface area (Å²) in [5.41, 5.74) is 2.20. The Balaban J connectivity index is 2.07. The Morgan fingerprint density at radius 1 is 1.38 bits per heavy atom. The smallest absolute Gasteiger partial charge is 0.141 e. The van der Waals surface area contributed by atoms with Gasteiger partial charge in [0, 0.05) is 29.8 Å². The van der Waals surface area contributed by atoms with Crippen LogP contribution in [0.5, 0.6) is 0 Å². The van der Waals surface area contributed by atoms with Crippen LogP contribution < -0.4 is 0 Å². The van der Waals surface area contributed by atoms with E-state index in [0.29, 0.717) is 6.54 Å². The highest BCUT2D eigenvalue weighted by molar-refractivity contribution is 5.54. The Kier molecular flexibility index (Phi) is 2.22. The van der Waals surface area contributed by atoms with E-state index in [1.54, 1.807) is 12.4 Å². The van der Waals surface area contributed by atoms with Crippen molar-refractivity contribution in [2.45, 2.75) is 25.5 Å². The molecule has 0 aliphatic carbocycles. The van der Waals surface area contributed by atoms with Gasteiger partial charge in [0.1, 0.15) is 5.82 Å². The Labute approximate surface area is 93.6 Å². The van der Waals surface area contributed by atoms with E-state index >= 15 is 0 Å². The molecule has 0 aromatic carbocycles. The van der Waals surface area contributed by atoms with Crippen molar-refractivity contribution >= 4 is 0 Å². The number of nitrogens with zero attached hydrogens (tertiary/aromatic N) is 3. The molecule has 0 spiro atoms. The van der Waals surface area contributed by atoms with Crippen LogP contribution in [0.4, 0.5) is 0 Å². The largest absolute Gasteiger partial charge is 0.391 e. The molecule has 4 heteroatoms. The molecule has 0 bridgehead atoms. The van der Waals surface area contributed by atoms with Crippen LogP contribution in [-0.4, -0.2) is 25.7 Å². The third-order valence-corrected chi connectivity index (χ3v) is 2.98. The van der Waals surface area contributed by atoms with Crippen LogP contribution in [0.25, 0.3) is 11.4 Å². The first kappa shape index (κ1) is 9.54. The molecule has 0 amide bonds. The molecule has 0 saturated heterocycles. The van der Waals surface area contributed by atoms with Crippen LogP contribution in [-0.2, 0) is 13.0 Å². The highest BCUT2D eigenvalue weighted by Crippen LogP contribution is 2.23. The average molecular weight is 215 g/mol. The summed E-state index contributed by atoms with van der Waals surface area (Å²) in [6.07, 6.45) is 6.92. The van der Waals surface area contributed by atoms with Gasteiger partial charge in [-0.25, -0.2) is 4.98 Å². The van der Waals surface area contributed by atoms with E-state index in [-0.39, 0.29) is 6.10 Å². The molecule has 1 aliphatic heterocycles. The summed E-state index contributed by atoms with van der Waals surface area (Å²) in [6, 6.07) is 3.89. The number of hydrogen-bond acceptors (Lipinski definition) is 3. The minimum Gasteiger partial charge on any atom is -0.391 e. The first-order chi connectivity index (χ1) is 7.84. The second kappa shape index (κ2) is 3.72. The molecule has 1 unspecified atom stereocenters. The summed E-state index contributed by atoms with van der Waals surface area (Å²) in [4.78, 5) is 8.51. The number of aryl methyl sites for hydroxylation is 1. The molecule has 0 saturated carbocycles. The van der Waals surface area contributed by atoms with E-state index in [9.17, 15) is 5.11 Å². The van der Waals surface area contributed by atoms with Crippen LogP contribution in [0.15, 0.2) is 30.7 Å². The Morgan fingerprint density at radius 2 is 2.31 bits per heavy atom. The van der Waals surface area contributed by atoms with Gasteiger partial charge in [0.2, 0.25) is 0 Å². The summed E-state index contributed by atoms with van der Waals surface area (Å²) in [5, 5.41) is 9.68. The second-order valence-corrected chi connectivity index (χ2v) is 4.12. The molecule has 82 valence electrons. The van der Waals surface area contributed by atoms with Crippen molar-refractivity contribution in [3.05, 3.63) is 36.4 Å². The topological polar surface area (TPSA) is 50.9 Å². The number of aromatic nitrogens is 3. The van der Waals surface area contributed by atoms with E-state index in [4.69, 9.17) is 0 Å². The number of imidazole rings is 1. The number of aliphatic hydroxyl groups is 1. The molecule has 0 radical (unpaired) electrons. The van der Waals surface area contributed by atoms with Crippen molar-refractivity contribution in [2.75, 3.05) is 0 Å². The lowest BCUT2D eigenvalue weighted by molar-refractivity contribution is 0.132. The molecule has 0 fully saturated rings. The fourth-order valence-electron chi connectivity index (χ4n) is 2.16. The van der Waals surface area contributed by atoms with Crippen LogP contribution in [0.3, 0.4) is 0 Å². The van der Waals surface area contributed by atoms with E-state index in [2.05, 4.69) is 14.5 Å². The van der Waals surface area contributed by atoms with Crippen LogP contribution in [0.1, 0.15) is 12.1 Å². The van der Waals surface area contributed by atoms with Crippen molar-refractivity contribution in [1.29, 1.82) is 0 Å². The molecule has 1 N–H and O–H groups in total. The predicted molar refractivity (Wildman–Crippen MR) is 59.8 cm³/mol. The third-order valence-electron chi connectivity index (χ3n) is 2.98. The van der Waals surface area contributed by atoms with Crippen molar-refractivity contribution in [1.82, 2.24) is 14.5 Å². The van der Waals surface area contributed by atoms with E-state index in [1.165, 1.54) is 5.69 Å². The first-order valence-corrected chi connectivity index (χ1v) is 5.47. The maximum Gasteiger partial charge on any atom is 0.141 e. The normalized spacial score (nSPS) is 19.4. The fourth-order valence-corrected chi connectivity index (χ4v) is 2.16. The van der Waals surface area contributed by atoms with Crippen LogP contribution >= 0.6 is 0 Å².